The van der Waals surface area contributed by atoms with E-state index in [1.807, 2.05) is 0 Å². The minimum atomic E-state index is -0.510. The van der Waals surface area contributed by atoms with Gasteiger partial charge in [-0.2, -0.15) is 0 Å². The third-order valence-corrected chi connectivity index (χ3v) is 6.17. The molecule has 3 N–H and O–H groups in total. The zero-order valence-electron chi connectivity index (χ0n) is 14.9. The molecule has 4 aliphatic carbocycles. The van der Waals surface area contributed by atoms with Crippen LogP contribution in [0.4, 0.5) is 0 Å². The van der Waals surface area contributed by atoms with Gasteiger partial charge in [0.05, 0.1) is 5.41 Å². The van der Waals surface area contributed by atoms with Crippen LogP contribution in [0.3, 0.4) is 0 Å². The van der Waals surface area contributed by atoms with Crippen LogP contribution in [0.5, 0.6) is 0 Å². The number of nitrogens with one attached hydrogen (secondary N) is 3. The molecule has 4 fully saturated rings. The summed E-state index contributed by atoms with van der Waals surface area (Å²) in [5, 5.41) is 3.14. The Morgan fingerprint density at radius 1 is 1.08 bits per heavy atom. The second-order valence-electron chi connectivity index (χ2n) is 8.33. The van der Waals surface area contributed by atoms with Gasteiger partial charge in [0.1, 0.15) is 5.69 Å². The number of hydrogen-bond donors (Lipinski definition) is 3. The molecule has 0 aromatic carbocycles. The smallest absolute Gasteiger partial charge is 0.288 e. The lowest BCUT2D eigenvalue weighted by atomic mass is 9.46. The van der Waals surface area contributed by atoms with Crippen molar-refractivity contribution in [1.82, 2.24) is 21.2 Å². The Morgan fingerprint density at radius 3 is 2.42 bits per heavy atom. The van der Waals surface area contributed by atoms with Crippen LogP contribution in [0.15, 0.2) is 24.4 Å². The zero-order chi connectivity index (χ0) is 18.4. The van der Waals surface area contributed by atoms with E-state index in [2.05, 4.69) is 21.2 Å². The monoisotopic (exact) mass is 356 g/mol. The lowest BCUT2D eigenvalue weighted by molar-refractivity contribution is -0.153. The Morgan fingerprint density at radius 2 is 1.81 bits per heavy atom. The fourth-order valence-corrected chi connectivity index (χ4v) is 5.86. The maximum atomic E-state index is 13.0. The molecule has 4 saturated carbocycles. The molecule has 3 amide bonds. The van der Waals surface area contributed by atoms with Gasteiger partial charge in [-0.1, -0.05) is 6.07 Å². The maximum Gasteiger partial charge on any atom is 0.288 e. The van der Waals surface area contributed by atoms with Crippen LogP contribution in [0, 0.1) is 17.3 Å². The minimum Gasteiger partial charge on any atom is -0.351 e. The van der Waals surface area contributed by atoms with E-state index < -0.39 is 11.3 Å². The summed E-state index contributed by atoms with van der Waals surface area (Å²) < 4.78 is 0. The number of rotatable bonds is 3. The van der Waals surface area contributed by atoms with Crippen LogP contribution < -0.4 is 16.2 Å². The molecule has 0 radical (unpaired) electrons. The standard InChI is InChI=1S/C19H24N4O3/c1-12(24)21-19-9-13-6-14(10-19)8-18(7-13,11-19)17(26)23-22-16(25)15-4-2-3-5-20-15/h2-5,13-14H,6-11H2,1H3,(H,21,24)(H,22,25)(H,23,26)/t13-,14+,18?,19?. The third kappa shape index (κ3) is 2.95. The molecule has 4 atom stereocenters. The summed E-state index contributed by atoms with van der Waals surface area (Å²) in [5.74, 6) is 0.303. The zero-order valence-corrected chi connectivity index (χ0v) is 14.9. The number of nitrogens with zero attached hydrogens (tertiary/aromatic N) is 1. The van der Waals surface area contributed by atoms with Crippen molar-refractivity contribution in [3.05, 3.63) is 30.1 Å². The second-order valence-corrected chi connectivity index (χ2v) is 8.33. The predicted octanol–water partition coefficient (Wildman–Crippen LogP) is 1.32. The first-order valence-electron chi connectivity index (χ1n) is 9.20. The molecule has 1 aromatic heterocycles. The molecule has 26 heavy (non-hydrogen) atoms. The van der Waals surface area contributed by atoms with Gasteiger partial charge in [-0.25, -0.2) is 0 Å². The molecule has 0 aliphatic heterocycles. The van der Waals surface area contributed by atoms with Crippen molar-refractivity contribution >= 4 is 17.7 Å². The van der Waals surface area contributed by atoms with E-state index in [1.165, 1.54) is 6.20 Å². The Bertz CT molecular complexity index is 734. The molecule has 138 valence electrons. The molecular weight excluding hydrogens is 332 g/mol. The van der Waals surface area contributed by atoms with Gasteiger partial charge in [0, 0.05) is 18.7 Å². The van der Waals surface area contributed by atoms with Gasteiger partial charge < -0.3 is 5.32 Å². The number of hydrazine groups is 1. The molecule has 1 heterocycles. The molecule has 7 nitrogen and oxygen atoms in total. The van der Waals surface area contributed by atoms with Crippen molar-refractivity contribution in [2.24, 2.45) is 17.3 Å². The fourth-order valence-electron chi connectivity index (χ4n) is 5.86. The lowest BCUT2D eigenvalue weighted by Crippen LogP contribution is -2.66. The summed E-state index contributed by atoms with van der Waals surface area (Å²) in [4.78, 5) is 40.8. The van der Waals surface area contributed by atoms with Gasteiger partial charge in [-0.3, -0.25) is 30.2 Å². The van der Waals surface area contributed by atoms with Gasteiger partial charge in [-0.05, 0) is 62.5 Å². The highest BCUT2D eigenvalue weighted by molar-refractivity contribution is 5.94. The number of carbonyl (C=O) groups is 3. The van der Waals surface area contributed by atoms with Gasteiger partial charge in [0.2, 0.25) is 11.8 Å². The molecule has 4 bridgehead atoms. The quantitative estimate of drug-likeness (QED) is 0.711. The normalized spacial score (nSPS) is 34.2. The summed E-state index contributed by atoms with van der Waals surface area (Å²) in [6, 6.07) is 5.05. The Hall–Kier alpha value is -2.44. The van der Waals surface area contributed by atoms with Crippen LogP contribution >= 0.6 is 0 Å². The van der Waals surface area contributed by atoms with Crippen LogP contribution in [0.1, 0.15) is 55.9 Å². The summed E-state index contributed by atoms with van der Waals surface area (Å²) in [7, 11) is 0. The van der Waals surface area contributed by atoms with E-state index >= 15 is 0 Å². The van der Waals surface area contributed by atoms with Crippen molar-refractivity contribution in [3.8, 4) is 0 Å². The number of hydrogen-bond acceptors (Lipinski definition) is 4. The van der Waals surface area contributed by atoms with Gasteiger partial charge in [0.15, 0.2) is 0 Å². The van der Waals surface area contributed by atoms with E-state index in [4.69, 9.17) is 0 Å². The van der Waals surface area contributed by atoms with E-state index in [9.17, 15) is 14.4 Å². The van der Waals surface area contributed by atoms with Crippen LogP contribution in [-0.2, 0) is 9.59 Å². The molecule has 1 aromatic rings. The van der Waals surface area contributed by atoms with Crippen LogP contribution in [0.2, 0.25) is 0 Å². The SMILES string of the molecule is CC(=O)NC12C[C@H]3C[C@@H](C1)CC(C(=O)NNC(=O)c1ccccn1)(C3)C2. The number of aromatic nitrogens is 1. The predicted molar refractivity (Wildman–Crippen MR) is 93.5 cm³/mol. The van der Waals surface area contributed by atoms with Gasteiger partial charge >= 0.3 is 0 Å². The molecule has 2 unspecified atom stereocenters. The van der Waals surface area contributed by atoms with Crippen molar-refractivity contribution in [3.63, 3.8) is 0 Å². The largest absolute Gasteiger partial charge is 0.351 e. The first kappa shape index (κ1) is 17.0. The summed E-state index contributed by atoms with van der Waals surface area (Å²) >= 11 is 0. The highest BCUT2D eigenvalue weighted by Gasteiger charge is 2.60. The highest BCUT2D eigenvalue weighted by atomic mass is 16.2. The summed E-state index contributed by atoms with van der Waals surface area (Å²) in [6.45, 7) is 1.54. The first-order chi connectivity index (χ1) is 12.4. The lowest BCUT2D eigenvalue weighted by Gasteiger charge is -2.61. The van der Waals surface area contributed by atoms with Crippen molar-refractivity contribution < 1.29 is 14.4 Å². The van der Waals surface area contributed by atoms with Crippen molar-refractivity contribution in [1.29, 1.82) is 0 Å². The van der Waals surface area contributed by atoms with Crippen LogP contribution in [0.25, 0.3) is 0 Å². The Kier molecular flexibility index (Phi) is 3.97. The van der Waals surface area contributed by atoms with E-state index in [-0.39, 0.29) is 23.0 Å². The fraction of sp³-hybridized carbons (Fsp3) is 0.579. The molecule has 7 heteroatoms. The molecule has 5 rings (SSSR count). The van der Waals surface area contributed by atoms with Crippen molar-refractivity contribution in [2.75, 3.05) is 0 Å². The third-order valence-electron chi connectivity index (χ3n) is 6.17. The van der Waals surface area contributed by atoms with Crippen molar-refractivity contribution in [2.45, 2.75) is 51.0 Å². The average molecular weight is 356 g/mol. The summed E-state index contributed by atoms with van der Waals surface area (Å²) in [6.07, 6.45) is 6.89. The topological polar surface area (TPSA) is 100 Å². The van der Waals surface area contributed by atoms with E-state index in [0.717, 1.165) is 32.1 Å². The van der Waals surface area contributed by atoms with E-state index in [0.29, 0.717) is 18.3 Å². The minimum absolute atomic E-state index is 0.0361. The number of carbonyl (C=O) groups excluding carboxylic acids is 3. The van der Waals surface area contributed by atoms with E-state index in [1.54, 1.807) is 25.1 Å². The van der Waals surface area contributed by atoms with Gasteiger partial charge in [-0.15, -0.1) is 0 Å². The molecule has 0 saturated heterocycles. The number of pyridine rings is 1. The first-order valence-corrected chi connectivity index (χ1v) is 9.20. The average Bonchev–Trinajstić information content (AvgIpc) is 2.57. The molecule has 0 spiro atoms. The Balaban J connectivity index is 1.47. The second kappa shape index (κ2) is 6.07. The Labute approximate surface area is 152 Å². The van der Waals surface area contributed by atoms with Crippen LogP contribution in [-0.4, -0.2) is 28.2 Å². The maximum absolute atomic E-state index is 13.0. The highest BCUT2D eigenvalue weighted by Crippen LogP contribution is 2.61. The van der Waals surface area contributed by atoms with Gasteiger partial charge in [0.25, 0.3) is 5.91 Å². The molecule has 4 aliphatic rings. The molecular formula is C19H24N4O3. The number of amides is 3. The summed E-state index contributed by atoms with van der Waals surface area (Å²) in [5.41, 5.74) is 4.59.